The number of carbonyl (C=O) groups excluding carboxylic acids is 1. The zero-order chi connectivity index (χ0) is 16.9. The van der Waals surface area contributed by atoms with E-state index in [1.54, 1.807) is 16.4 Å². The van der Waals surface area contributed by atoms with Crippen molar-refractivity contribution in [1.82, 2.24) is 20.2 Å². The van der Waals surface area contributed by atoms with Crippen molar-refractivity contribution in [1.29, 1.82) is 0 Å². The van der Waals surface area contributed by atoms with Crippen LogP contribution in [0.2, 0.25) is 0 Å². The van der Waals surface area contributed by atoms with Crippen LogP contribution >= 0.6 is 11.8 Å². The minimum atomic E-state index is -0.113. The first-order valence-electron chi connectivity index (χ1n) is 7.47. The maximum atomic E-state index is 11.2. The van der Waals surface area contributed by atoms with Crippen LogP contribution < -0.4 is 5.32 Å². The summed E-state index contributed by atoms with van der Waals surface area (Å²) >= 11 is 1.58. The lowest BCUT2D eigenvalue weighted by Gasteiger charge is -2.08. The van der Waals surface area contributed by atoms with Gasteiger partial charge in [-0.2, -0.15) is 4.68 Å². The normalized spacial score (nSPS) is 10.6. The predicted molar refractivity (Wildman–Crippen MR) is 94.2 cm³/mol. The van der Waals surface area contributed by atoms with Gasteiger partial charge in [0, 0.05) is 18.4 Å². The van der Waals surface area contributed by atoms with Gasteiger partial charge in [0.25, 0.3) is 0 Å². The SMILES string of the molecule is CC(=O)Nc1cccc(-n2nnnc2SCc2ccccc2C)c1. The molecule has 0 radical (unpaired) electrons. The fourth-order valence-corrected chi connectivity index (χ4v) is 3.23. The van der Waals surface area contributed by atoms with Gasteiger partial charge in [-0.05, 0) is 46.7 Å². The third-order valence-electron chi connectivity index (χ3n) is 3.47. The first-order chi connectivity index (χ1) is 11.6. The molecular formula is C17H17N5OS. The van der Waals surface area contributed by atoms with Crippen LogP contribution in [0.4, 0.5) is 5.69 Å². The molecule has 3 rings (SSSR count). The molecule has 122 valence electrons. The molecule has 1 amide bonds. The molecule has 6 nitrogen and oxygen atoms in total. The zero-order valence-electron chi connectivity index (χ0n) is 13.4. The number of benzene rings is 2. The Kier molecular flexibility index (Phi) is 4.90. The average molecular weight is 339 g/mol. The van der Waals surface area contributed by atoms with E-state index in [0.717, 1.165) is 11.4 Å². The molecule has 0 aliphatic carbocycles. The number of anilines is 1. The highest BCUT2D eigenvalue weighted by atomic mass is 32.2. The van der Waals surface area contributed by atoms with Gasteiger partial charge in [0.05, 0.1) is 5.69 Å². The van der Waals surface area contributed by atoms with Gasteiger partial charge in [-0.25, -0.2) is 0 Å². The van der Waals surface area contributed by atoms with Crippen molar-refractivity contribution in [3.05, 3.63) is 59.7 Å². The minimum absolute atomic E-state index is 0.113. The molecule has 24 heavy (non-hydrogen) atoms. The molecule has 0 aliphatic heterocycles. The molecule has 0 atom stereocenters. The highest BCUT2D eigenvalue weighted by molar-refractivity contribution is 7.98. The number of aromatic nitrogens is 4. The largest absolute Gasteiger partial charge is 0.326 e. The van der Waals surface area contributed by atoms with Crippen LogP contribution in [0.15, 0.2) is 53.7 Å². The number of rotatable bonds is 5. The highest BCUT2D eigenvalue weighted by Gasteiger charge is 2.10. The number of carbonyl (C=O) groups is 1. The summed E-state index contributed by atoms with van der Waals surface area (Å²) in [4.78, 5) is 11.2. The van der Waals surface area contributed by atoms with E-state index in [1.807, 2.05) is 36.4 Å². The van der Waals surface area contributed by atoms with E-state index >= 15 is 0 Å². The summed E-state index contributed by atoms with van der Waals surface area (Å²) in [5.41, 5.74) is 4.02. The average Bonchev–Trinajstić information content (AvgIpc) is 3.02. The number of amides is 1. The third kappa shape index (κ3) is 3.80. The molecular weight excluding hydrogens is 322 g/mol. The maximum Gasteiger partial charge on any atom is 0.221 e. The van der Waals surface area contributed by atoms with Crippen molar-refractivity contribution in [2.75, 3.05) is 5.32 Å². The second-order valence-corrected chi connectivity index (χ2v) is 6.26. The van der Waals surface area contributed by atoms with E-state index in [2.05, 4.69) is 39.9 Å². The van der Waals surface area contributed by atoms with E-state index in [9.17, 15) is 4.79 Å². The molecule has 0 fully saturated rings. The smallest absolute Gasteiger partial charge is 0.221 e. The Labute approximate surface area is 144 Å². The van der Waals surface area contributed by atoms with Gasteiger partial charge in [0.15, 0.2) is 0 Å². The van der Waals surface area contributed by atoms with Crippen molar-refractivity contribution in [3.63, 3.8) is 0 Å². The summed E-state index contributed by atoms with van der Waals surface area (Å²) < 4.78 is 1.67. The third-order valence-corrected chi connectivity index (χ3v) is 4.44. The van der Waals surface area contributed by atoms with Crippen LogP contribution in [0, 0.1) is 6.92 Å². The number of tetrazole rings is 1. The van der Waals surface area contributed by atoms with E-state index in [4.69, 9.17) is 0 Å². The molecule has 2 aromatic carbocycles. The molecule has 7 heteroatoms. The van der Waals surface area contributed by atoms with Crippen LogP contribution in [0.3, 0.4) is 0 Å². The lowest BCUT2D eigenvalue weighted by molar-refractivity contribution is -0.114. The lowest BCUT2D eigenvalue weighted by Crippen LogP contribution is -2.07. The second-order valence-electron chi connectivity index (χ2n) is 5.32. The van der Waals surface area contributed by atoms with Crippen LogP contribution in [0.5, 0.6) is 0 Å². The number of aryl methyl sites for hydroxylation is 1. The van der Waals surface area contributed by atoms with Gasteiger partial charge in [-0.15, -0.1) is 5.10 Å². The maximum absolute atomic E-state index is 11.2. The Bertz CT molecular complexity index is 861. The Morgan fingerprint density at radius 3 is 2.83 bits per heavy atom. The molecule has 1 aromatic heterocycles. The molecule has 0 aliphatic rings. The fraction of sp³-hybridized carbons (Fsp3) is 0.176. The Hall–Kier alpha value is -2.67. The topological polar surface area (TPSA) is 72.7 Å². The van der Waals surface area contributed by atoms with Crippen molar-refractivity contribution in [3.8, 4) is 5.69 Å². The van der Waals surface area contributed by atoms with Crippen molar-refractivity contribution >= 4 is 23.4 Å². The second kappa shape index (κ2) is 7.27. The summed E-state index contributed by atoms with van der Waals surface area (Å²) in [6.07, 6.45) is 0. The Balaban J connectivity index is 1.80. The standard InChI is InChI=1S/C17H17N5OS/c1-12-6-3-4-7-14(12)11-24-17-19-20-21-22(17)16-9-5-8-15(10-16)18-13(2)23/h3-10H,11H2,1-2H3,(H,18,23). The first-order valence-corrected chi connectivity index (χ1v) is 8.46. The van der Waals surface area contributed by atoms with Crippen molar-refractivity contribution in [2.45, 2.75) is 24.8 Å². The number of hydrogen-bond donors (Lipinski definition) is 1. The van der Waals surface area contributed by atoms with E-state index < -0.39 is 0 Å². The van der Waals surface area contributed by atoms with Gasteiger partial charge in [0.2, 0.25) is 11.1 Å². The van der Waals surface area contributed by atoms with Gasteiger partial charge >= 0.3 is 0 Å². The number of nitrogens with zero attached hydrogens (tertiary/aromatic N) is 4. The first kappa shape index (κ1) is 16.2. The molecule has 1 heterocycles. The summed E-state index contributed by atoms with van der Waals surface area (Å²) in [6.45, 7) is 3.57. The highest BCUT2D eigenvalue weighted by Crippen LogP contribution is 2.24. The molecule has 0 bridgehead atoms. The van der Waals surface area contributed by atoms with Gasteiger partial charge < -0.3 is 5.32 Å². The molecule has 1 N–H and O–H groups in total. The van der Waals surface area contributed by atoms with Crippen LogP contribution in [0.25, 0.3) is 5.69 Å². The van der Waals surface area contributed by atoms with E-state index in [1.165, 1.54) is 18.1 Å². The summed E-state index contributed by atoms with van der Waals surface area (Å²) in [6, 6.07) is 15.7. The zero-order valence-corrected chi connectivity index (χ0v) is 14.2. The van der Waals surface area contributed by atoms with E-state index in [0.29, 0.717) is 10.8 Å². The van der Waals surface area contributed by atoms with Crippen molar-refractivity contribution in [2.24, 2.45) is 0 Å². The van der Waals surface area contributed by atoms with Crippen LogP contribution in [-0.4, -0.2) is 26.1 Å². The Morgan fingerprint density at radius 1 is 1.21 bits per heavy atom. The molecule has 0 unspecified atom stereocenters. The lowest BCUT2D eigenvalue weighted by atomic mass is 10.1. The van der Waals surface area contributed by atoms with Crippen LogP contribution in [0.1, 0.15) is 18.1 Å². The molecule has 0 saturated carbocycles. The minimum Gasteiger partial charge on any atom is -0.326 e. The summed E-state index contributed by atoms with van der Waals surface area (Å²) in [5.74, 6) is 0.677. The number of nitrogens with one attached hydrogen (secondary N) is 1. The van der Waals surface area contributed by atoms with Gasteiger partial charge in [-0.3, -0.25) is 4.79 Å². The number of thioether (sulfide) groups is 1. The van der Waals surface area contributed by atoms with Gasteiger partial charge in [0.1, 0.15) is 0 Å². The monoisotopic (exact) mass is 339 g/mol. The van der Waals surface area contributed by atoms with Gasteiger partial charge in [-0.1, -0.05) is 42.1 Å². The van der Waals surface area contributed by atoms with Crippen molar-refractivity contribution < 1.29 is 4.79 Å². The summed E-state index contributed by atoms with van der Waals surface area (Å²) in [7, 11) is 0. The quantitative estimate of drug-likeness (QED) is 0.723. The molecule has 0 saturated heterocycles. The number of hydrogen-bond acceptors (Lipinski definition) is 5. The fourth-order valence-electron chi connectivity index (χ4n) is 2.26. The summed E-state index contributed by atoms with van der Waals surface area (Å²) in [5, 5.41) is 15.4. The van der Waals surface area contributed by atoms with Crippen LogP contribution in [-0.2, 0) is 10.5 Å². The molecule has 3 aromatic rings. The Morgan fingerprint density at radius 2 is 2.04 bits per heavy atom. The van der Waals surface area contributed by atoms with E-state index in [-0.39, 0.29) is 5.91 Å². The predicted octanol–water partition coefficient (Wildman–Crippen LogP) is 3.22. The molecule has 0 spiro atoms.